The van der Waals surface area contributed by atoms with Gasteiger partial charge < -0.3 is 15.5 Å². The van der Waals surface area contributed by atoms with Crippen LogP contribution in [0.15, 0.2) is 6.07 Å². The number of carbonyl (C=O) groups excluding carboxylic acids is 3. The first kappa shape index (κ1) is 22.3. The highest BCUT2D eigenvalue weighted by Crippen LogP contribution is 2.29. The van der Waals surface area contributed by atoms with E-state index in [2.05, 4.69) is 29.6 Å². The summed E-state index contributed by atoms with van der Waals surface area (Å²) < 4.78 is 1.53. The molecule has 8 nitrogen and oxygen atoms in total. The Kier molecular flexibility index (Phi) is 6.83. The number of fused-ring (bicyclic) bond motifs is 1. The van der Waals surface area contributed by atoms with E-state index in [0.717, 1.165) is 38.5 Å². The van der Waals surface area contributed by atoms with Gasteiger partial charge in [0.05, 0.1) is 6.54 Å². The van der Waals surface area contributed by atoms with Gasteiger partial charge in [0.1, 0.15) is 11.2 Å². The Labute approximate surface area is 178 Å². The number of nitrogens with zero attached hydrogens (tertiary/aromatic N) is 3. The molecule has 1 atom stereocenters. The van der Waals surface area contributed by atoms with Gasteiger partial charge in [0.2, 0.25) is 5.91 Å². The van der Waals surface area contributed by atoms with E-state index in [9.17, 15) is 14.4 Å². The molecule has 2 N–H and O–H groups in total. The number of carbonyl (C=O) groups is 3. The number of nitrogens with one attached hydrogen (secondary N) is 2. The second kappa shape index (κ2) is 9.18. The largest absolute Gasteiger partial charge is 0.351 e. The molecule has 166 valence electrons. The number of amides is 3. The summed E-state index contributed by atoms with van der Waals surface area (Å²) in [4.78, 5) is 40.6. The molecule has 2 heterocycles. The molecule has 0 bridgehead atoms. The Morgan fingerprint density at radius 3 is 2.63 bits per heavy atom. The lowest BCUT2D eigenvalue weighted by Crippen LogP contribution is -2.65. The van der Waals surface area contributed by atoms with Crippen molar-refractivity contribution < 1.29 is 14.4 Å². The number of rotatable bonds is 8. The molecule has 2 aliphatic rings. The minimum absolute atomic E-state index is 0.139. The van der Waals surface area contributed by atoms with E-state index >= 15 is 0 Å². The summed E-state index contributed by atoms with van der Waals surface area (Å²) in [6.45, 7) is 9.27. The maximum atomic E-state index is 13.3. The second-order valence-corrected chi connectivity index (χ2v) is 9.20. The lowest BCUT2D eigenvalue weighted by atomic mass is 9.94. The Morgan fingerprint density at radius 2 is 2.00 bits per heavy atom. The molecule has 1 fully saturated rings. The monoisotopic (exact) mass is 417 g/mol. The van der Waals surface area contributed by atoms with Gasteiger partial charge in [0.15, 0.2) is 5.69 Å². The smallest absolute Gasteiger partial charge is 0.273 e. The fraction of sp³-hybridized carbons (Fsp3) is 0.727. The molecule has 0 radical (unpaired) electrons. The van der Waals surface area contributed by atoms with Gasteiger partial charge in [-0.15, -0.1) is 0 Å². The Hall–Kier alpha value is -2.38. The molecule has 0 aromatic carbocycles. The van der Waals surface area contributed by atoms with E-state index in [-0.39, 0.29) is 36.0 Å². The summed E-state index contributed by atoms with van der Waals surface area (Å²) in [5, 5.41) is 10.4. The third-order valence-corrected chi connectivity index (χ3v) is 6.16. The highest BCUT2D eigenvalue weighted by atomic mass is 16.2. The van der Waals surface area contributed by atoms with Crippen LogP contribution in [0.4, 0.5) is 0 Å². The molecule has 1 aromatic heterocycles. The van der Waals surface area contributed by atoms with E-state index in [4.69, 9.17) is 0 Å². The van der Waals surface area contributed by atoms with Crippen molar-refractivity contribution in [3.8, 4) is 0 Å². The van der Waals surface area contributed by atoms with Crippen LogP contribution in [0.3, 0.4) is 0 Å². The molecule has 3 amide bonds. The van der Waals surface area contributed by atoms with Crippen molar-refractivity contribution in [2.45, 2.75) is 84.3 Å². The van der Waals surface area contributed by atoms with E-state index in [1.165, 1.54) is 4.68 Å². The van der Waals surface area contributed by atoms with Crippen LogP contribution in [0.5, 0.6) is 0 Å². The maximum Gasteiger partial charge on any atom is 0.273 e. The van der Waals surface area contributed by atoms with E-state index < -0.39 is 5.54 Å². The Morgan fingerprint density at radius 1 is 1.30 bits per heavy atom. The van der Waals surface area contributed by atoms with Crippen LogP contribution >= 0.6 is 0 Å². The first-order valence-electron chi connectivity index (χ1n) is 11.2. The van der Waals surface area contributed by atoms with Crippen molar-refractivity contribution >= 4 is 17.7 Å². The zero-order valence-electron chi connectivity index (χ0n) is 18.7. The zero-order valence-corrected chi connectivity index (χ0v) is 18.7. The van der Waals surface area contributed by atoms with Crippen molar-refractivity contribution in [3.05, 3.63) is 17.5 Å². The summed E-state index contributed by atoms with van der Waals surface area (Å²) in [5.74, 6) is -0.186. The van der Waals surface area contributed by atoms with Gasteiger partial charge in [-0.25, -0.2) is 0 Å². The summed E-state index contributed by atoms with van der Waals surface area (Å²) >= 11 is 0. The predicted octanol–water partition coefficient (Wildman–Crippen LogP) is 2.34. The summed E-state index contributed by atoms with van der Waals surface area (Å²) in [6.07, 6.45) is 5.83. The third-order valence-electron chi connectivity index (χ3n) is 6.16. The fourth-order valence-corrected chi connectivity index (χ4v) is 4.30. The molecule has 3 rings (SSSR count). The average molecular weight is 418 g/mol. The van der Waals surface area contributed by atoms with E-state index in [0.29, 0.717) is 24.7 Å². The Balaban J connectivity index is 1.81. The van der Waals surface area contributed by atoms with Crippen molar-refractivity contribution in [3.63, 3.8) is 0 Å². The van der Waals surface area contributed by atoms with E-state index in [1.54, 1.807) is 17.9 Å². The normalized spacial score (nSPS) is 21.8. The molecule has 1 aliphatic heterocycles. The summed E-state index contributed by atoms with van der Waals surface area (Å²) in [7, 11) is 0. The quantitative estimate of drug-likeness (QED) is 0.679. The maximum absolute atomic E-state index is 13.3. The highest BCUT2D eigenvalue weighted by molar-refractivity contribution is 6.01. The zero-order chi connectivity index (χ0) is 21.9. The predicted molar refractivity (Wildman–Crippen MR) is 114 cm³/mol. The van der Waals surface area contributed by atoms with Crippen LogP contribution in [0.25, 0.3) is 0 Å². The van der Waals surface area contributed by atoms with Crippen molar-refractivity contribution in [2.75, 3.05) is 13.1 Å². The molecule has 0 unspecified atom stereocenters. The third kappa shape index (κ3) is 4.52. The molecular weight excluding hydrogens is 382 g/mol. The first-order chi connectivity index (χ1) is 14.3. The van der Waals surface area contributed by atoms with Crippen LogP contribution in [0.2, 0.25) is 0 Å². The molecule has 0 spiro atoms. The SMILES string of the molecule is CCCN1C(=O)c2cc(C(=O)NCCC(C)C)nn2C[C@]1(C)C(=O)NC1CCCC1. The molecular formula is C22H35N5O3. The molecule has 1 saturated carbocycles. The minimum atomic E-state index is -1.03. The number of aromatic nitrogens is 2. The average Bonchev–Trinajstić information content (AvgIpc) is 3.34. The van der Waals surface area contributed by atoms with Gasteiger partial charge in [0.25, 0.3) is 11.8 Å². The van der Waals surface area contributed by atoms with Gasteiger partial charge in [-0.3, -0.25) is 19.1 Å². The van der Waals surface area contributed by atoms with Crippen LogP contribution in [-0.4, -0.2) is 57.1 Å². The first-order valence-corrected chi connectivity index (χ1v) is 11.2. The lowest BCUT2D eigenvalue weighted by Gasteiger charge is -2.43. The van der Waals surface area contributed by atoms with Crippen LogP contribution in [0.1, 0.15) is 87.2 Å². The van der Waals surface area contributed by atoms with Gasteiger partial charge >= 0.3 is 0 Å². The minimum Gasteiger partial charge on any atom is -0.351 e. The Bertz CT molecular complexity index is 797. The summed E-state index contributed by atoms with van der Waals surface area (Å²) in [5.41, 5.74) is -0.442. The molecule has 8 heteroatoms. The van der Waals surface area contributed by atoms with E-state index in [1.807, 2.05) is 6.92 Å². The van der Waals surface area contributed by atoms with Crippen molar-refractivity contribution in [1.29, 1.82) is 0 Å². The summed E-state index contributed by atoms with van der Waals surface area (Å²) in [6, 6.07) is 1.72. The van der Waals surface area contributed by atoms with Crippen LogP contribution in [0, 0.1) is 5.92 Å². The molecule has 30 heavy (non-hydrogen) atoms. The molecule has 1 aromatic rings. The lowest BCUT2D eigenvalue weighted by molar-refractivity contribution is -0.133. The van der Waals surface area contributed by atoms with Crippen LogP contribution in [-0.2, 0) is 11.3 Å². The van der Waals surface area contributed by atoms with Crippen LogP contribution < -0.4 is 10.6 Å². The highest BCUT2D eigenvalue weighted by Gasteiger charge is 2.48. The number of hydrogen-bond donors (Lipinski definition) is 2. The number of hydrogen-bond acceptors (Lipinski definition) is 4. The topological polar surface area (TPSA) is 96.3 Å². The fourth-order valence-electron chi connectivity index (χ4n) is 4.30. The van der Waals surface area contributed by atoms with Crippen molar-refractivity contribution in [2.24, 2.45) is 5.92 Å². The molecule has 1 aliphatic carbocycles. The van der Waals surface area contributed by atoms with Gasteiger partial charge in [-0.1, -0.05) is 33.6 Å². The molecule has 0 saturated heterocycles. The second-order valence-electron chi connectivity index (χ2n) is 9.20. The van der Waals surface area contributed by atoms with Gasteiger partial charge in [-0.05, 0) is 38.5 Å². The van der Waals surface area contributed by atoms with Gasteiger partial charge in [0, 0.05) is 25.2 Å². The standard InChI is InChI=1S/C22H35N5O3/c1-5-12-26-20(29)18-13-17(19(28)23-11-10-15(2)3)25-27(18)14-22(26,4)21(30)24-16-8-6-7-9-16/h13,15-16H,5-12,14H2,1-4H3,(H,23,28)(H,24,30)/t22-/m1/s1. The van der Waals surface area contributed by atoms with Gasteiger partial charge in [-0.2, -0.15) is 5.10 Å². The van der Waals surface area contributed by atoms with Crippen molar-refractivity contribution in [1.82, 2.24) is 25.3 Å².